The van der Waals surface area contributed by atoms with Crippen LogP contribution in [0.2, 0.25) is 0 Å². The Morgan fingerprint density at radius 3 is 2.51 bits per heavy atom. The van der Waals surface area contributed by atoms with E-state index in [2.05, 4.69) is 16.8 Å². The van der Waals surface area contributed by atoms with Gasteiger partial charge >= 0.3 is 0 Å². The van der Waals surface area contributed by atoms with Crippen LogP contribution in [0, 0.1) is 23.4 Å². The molecule has 1 saturated heterocycles. The Morgan fingerprint density at radius 1 is 1.00 bits per heavy atom. The topological polar surface area (TPSA) is 58.6 Å². The summed E-state index contributed by atoms with van der Waals surface area (Å²) in [6.45, 7) is 4.22. The van der Waals surface area contributed by atoms with Gasteiger partial charge in [-0.25, -0.2) is 18.2 Å². The van der Waals surface area contributed by atoms with Crippen molar-refractivity contribution < 1.29 is 22.7 Å². The molecule has 1 fully saturated rings. The summed E-state index contributed by atoms with van der Waals surface area (Å²) in [7, 11) is 0. The van der Waals surface area contributed by atoms with Gasteiger partial charge in [0.25, 0.3) is 5.91 Å². The number of halogens is 3. The summed E-state index contributed by atoms with van der Waals surface area (Å²) in [4.78, 5) is 26.0. The highest BCUT2D eigenvalue weighted by molar-refractivity contribution is 5.94. The molecule has 0 N–H and O–H groups in total. The zero-order chi connectivity index (χ0) is 24.5. The van der Waals surface area contributed by atoms with Crippen molar-refractivity contribution in [2.45, 2.75) is 32.7 Å². The normalized spacial score (nSPS) is 16.2. The van der Waals surface area contributed by atoms with Crippen LogP contribution in [0.1, 0.15) is 41.4 Å². The van der Waals surface area contributed by atoms with Gasteiger partial charge in [-0.3, -0.25) is 4.79 Å². The second-order valence-electron chi connectivity index (χ2n) is 9.06. The molecule has 1 aromatic heterocycles. The Bertz CT molecular complexity index is 1260. The van der Waals surface area contributed by atoms with Gasteiger partial charge in [0.2, 0.25) is 11.8 Å². The van der Waals surface area contributed by atoms with E-state index in [1.807, 2.05) is 0 Å². The first kappa shape index (κ1) is 23.1. The van der Waals surface area contributed by atoms with E-state index in [4.69, 9.17) is 9.72 Å². The zero-order valence-corrected chi connectivity index (χ0v) is 19.3. The number of benzene rings is 2. The van der Waals surface area contributed by atoms with Crippen LogP contribution in [0.3, 0.4) is 0 Å². The second-order valence-corrected chi connectivity index (χ2v) is 9.06. The summed E-state index contributed by atoms with van der Waals surface area (Å²) >= 11 is 0. The van der Waals surface area contributed by atoms with Crippen molar-refractivity contribution in [1.82, 2.24) is 14.9 Å². The predicted molar refractivity (Wildman–Crippen MR) is 124 cm³/mol. The van der Waals surface area contributed by atoms with Gasteiger partial charge in [-0.1, -0.05) is 19.1 Å². The molecule has 3 heterocycles. The Hall–Kier alpha value is -3.62. The number of fused-ring (bicyclic) bond motifs is 1. The number of ether oxygens (including phenoxy) is 1. The average Bonchev–Trinajstić information content (AvgIpc) is 2.85. The number of rotatable bonds is 4. The van der Waals surface area contributed by atoms with Crippen LogP contribution >= 0.6 is 0 Å². The molecule has 0 saturated carbocycles. The van der Waals surface area contributed by atoms with Gasteiger partial charge in [-0.05, 0) is 43.0 Å². The number of piperidine rings is 1. The molecular weight excluding hydrogens is 457 g/mol. The van der Waals surface area contributed by atoms with Gasteiger partial charge in [0.05, 0.1) is 23.4 Å². The van der Waals surface area contributed by atoms with Gasteiger partial charge in [-0.15, -0.1) is 0 Å². The van der Waals surface area contributed by atoms with Gasteiger partial charge in [0, 0.05) is 32.1 Å². The molecule has 3 aromatic rings. The molecule has 0 aliphatic carbocycles. The van der Waals surface area contributed by atoms with E-state index in [1.54, 1.807) is 6.07 Å². The molecule has 2 aromatic carbocycles. The van der Waals surface area contributed by atoms with E-state index >= 15 is 0 Å². The number of amides is 1. The summed E-state index contributed by atoms with van der Waals surface area (Å²) in [5, 5.41) is 0. The Labute approximate surface area is 201 Å². The molecule has 0 unspecified atom stereocenters. The summed E-state index contributed by atoms with van der Waals surface area (Å²) in [5.41, 5.74) is 1.20. The minimum absolute atomic E-state index is 0.0250. The lowest BCUT2D eigenvalue weighted by Crippen LogP contribution is -2.38. The fourth-order valence-corrected chi connectivity index (χ4v) is 4.45. The molecule has 2 aliphatic heterocycles. The Morgan fingerprint density at radius 2 is 1.77 bits per heavy atom. The second kappa shape index (κ2) is 9.56. The van der Waals surface area contributed by atoms with E-state index in [0.29, 0.717) is 36.1 Å². The van der Waals surface area contributed by atoms with E-state index in [0.717, 1.165) is 38.1 Å². The SMILES string of the molecule is CC1CCN(c2nc3c(c(Oc4ccc(F)cc4F)n2)CN(C(=O)c2ccccc2F)CC3)CC1. The fourth-order valence-electron chi connectivity index (χ4n) is 4.45. The van der Waals surface area contributed by atoms with Crippen molar-refractivity contribution >= 4 is 11.9 Å². The first-order chi connectivity index (χ1) is 16.9. The number of hydrogen-bond acceptors (Lipinski definition) is 5. The Balaban J connectivity index is 1.50. The van der Waals surface area contributed by atoms with Crippen LogP contribution in [0.4, 0.5) is 19.1 Å². The van der Waals surface area contributed by atoms with Crippen LogP contribution in [-0.2, 0) is 13.0 Å². The standard InChI is InChI=1S/C26H25F3N4O2/c1-16-8-11-32(12-9-16)26-30-22-10-13-33(25(34)18-4-2-3-5-20(18)28)15-19(22)24(31-26)35-23-7-6-17(27)14-21(23)29/h2-7,14,16H,8-13,15H2,1H3. The van der Waals surface area contributed by atoms with Crippen LogP contribution in [0.15, 0.2) is 42.5 Å². The molecule has 0 spiro atoms. The monoisotopic (exact) mass is 482 g/mol. The van der Waals surface area contributed by atoms with E-state index in [9.17, 15) is 18.0 Å². The van der Waals surface area contributed by atoms with Gasteiger partial charge in [-0.2, -0.15) is 4.98 Å². The minimum atomic E-state index is -0.860. The average molecular weight is 483 g/mol. The molecule has 0 bridgehead atoms. The van der Waals surface area contributed by atoms with Crippen molar-refractivity contribution in [2.75, 3.05) is 24.5 Å². The lowest BCUT2D eigenvalue weighted by Gasteiger charge is -2.33. The van der Waals surface area contributed by atoms with E-state index in [1.165, 1.54) is 29.2 Å². The molecular formula is C26H25F3N4O2. The molecule has 0 radical (unpaired) electrons. The molecule has 9 heteroatoms. The molecule has 1 amide bonds. The summed E-state index contributed by atoms with van der Waals surface area (Å²) in [6.07, 6.45) is 2.43. The molecule has 6 nitrogen and oxygen atoms in total. The van der Waals surface area contributed by atoms with Gasteiger partial charge in [0.15, 0.2) is 11.6 Å². The third kappa shape index (κ3) is 4.80. The first-order valence-electron chi connectivity index (χ1n) is 11.7. The van der Waals surface area contributed by atoms with E-state index in [-0.39, 0.29) is 23.7 Å². The van der Waals surface area contributed by atoms with Crippen molar-refractivity contribution in [3.8, 4) is 11.6 Å². The van der Waals surface area contributed by atoms with Crippen molar-refractivity contribution in [1.29, 1.82) is 0 Å². The maximum absolute atomic E-state index is 14.4. The minimum Gasteiger partial charge on any atom is -0.435 e. The maximum Gasteiger partial charge on any atom is 0.257 e. The maximum atomic E-state index is 14.4. The number of carbonyl (C=O) groups excluding carboxylic acids is 1. The number of nitrogens with zero attached hydrogens (tertiary/aromatic N) is 4. The summed E-state index contributed by atoms with van der Waals surface area (Å²) in [6, 6.07) is 8.86. The zero-order valence-electron chi connectivity index (χ0n) is 19.3. The lowest BCUT2D eigenvalue weighted by molar-refractivity contribution is 0.0727. The summed E-state index contributed by atoms with van der Waals surface area (Å²) < 4.78 is 47.9. The molecule has 5 rings (SSSR count). The Kier molecular flexibility index (Phi) is 6.32. The van der Waals surface area contributed by atoms with Crippen molar-refractivity contribution in [3.63, 3.8) is 0 Å². The highest BCUT2D eigenvalue weighted by Crippen LogP contribution is 2.34. The molecule has 2 aliphatic rings. The van der Waals surface area contributed by atoms with Crippen LogP contribution < -0.4 is 9.64 Å². The third-order valence-electron chi connectivity index (χ3n) is 6.57. The highest BCUT2D eigenvalue weighted by Gasteiger charge is 2.30. The first-order valence-corrected chi connectivity index (χ1v) is 11.7. The van der Waals surface area contributed by atoms with Crippen LogP contribution in [0.5, 0.6) is 11.6 Å². The number of aromatic nitrogens is 2. The molecule has 35 heavy (non-hydrogen) atoms. The number of hydrogen-bond donors (Lipinski definition) is 0. The van der Waals surface area contributed by atoms with Gasteiger partial charge in [0.1, 0.15) is 11.6 Å². The quantitative estimate of drug-likeness (QED) is 0.517. The predicted octanol–water partition coefficient (Wildman–Crippen LogP) is 5.12. The molecule has 0 atom stereocenters. The smallest absolute Gasteiger partial charge is 0.257 e. The molecule has 182 valence electrons. The highest BCUT2D eigenvalue weighted by atomic mass is 19.1. The number of carbonyl (C=O) groups is 1. The van der Waals surface area contributed by atoms with Gasteiger partial charge < -0.3 is 14.5 Å². The fraction of sp³-hybridized carbons (Fsp3) is 0.346. The lowest BCUT2D eigenvalue weighted by atomic mass is 9.99. The summed E-state index contributed by atoms with van der Waals surface area (Å²) in [5.74, 6) is -1.60. The van der Waals surface area contributed by atoms with Crippen LogP contribution in [0.25, 0.3) is 0 Å². The number of anilines is 1. The van der Waals surface area contributed by atoms with Crippen molar-refractivity contribution in [2.24, 2.45) is 5.92 Å². The largest absolute Gasteiger partial charge is 0.435 e. The third-order valence-corrected chi connectivity index (χ3v) is 6.57. The van der Waals surface area contributed by atoms with Crippen molar-refractivity contribution in [3.05, 3.63) is 76.7 Å². The van der Waals surface area contributed by atoms with E-state index < -0.39 is 23.4 Å². The van der Waals surface area contributed by atoms with Crippen LogP contribution in [-0.4, -0.2) is 40.4 Å².